The van der Waals surface area contributed by atoms with Crippen molar-refractivity contribution >= 4 is 27.5 Å². The summed E-state index contributed by atoms with van der Waals surface area (Å²) in [6.45, 7) is 3.78. The van der Waals surface area contributed by atoms with Gasteiger partial charge >= 0.3 is 0 Å². The monoisotopic (exact) mass is 464 g/mol. The van der Waals surface area contributed by atoms with E-state index in [-0.39, 0.29) is 27.4 Å². The van der Waals surface area contributed by atoms with Gasteiger partial charge in [0.05, 0.1) is 11.1 Å². The SMILES string of the molecule is C[C@@H](NC(=O)c1ccc(Cl)c(S(=O)(=O)N2CCCCC2)c1)c1ccc2c(c1)OCCO2. The summed E-state index contributed by atoms with van der Waals surface area (Å²) in [5.41, 5.74) is 1.09. The summed E-state index contributed by atoms with van der Waals surface area (Å²) < 4.78 is 38.7. The number of piperidine rings is 1. The van der Waals surface area contributed by atoms with E-state index in [2.05, 4.69) is 5.32 Å². The molecule has 2 aromatic carbocycles. The first-order chi connectivity index (χ1) is 14.9. The van der Waals surface area contributed by atoms with Gasteiger partial charge in [0.25, 0.3) is 5.91 Å². The predicted molar refractivity (Wildman–Crippen MR) is 117 cm³/mol. The molecule has 1 fully saturated rings. The summed E-state index contributed by atoms with van der Waals surface area (Å²) >= 11 is 6.21. The number of carbonyl (C=O) groups is 1. The Kier molecular flexibility index (Phi) is 6.41. The van der Waals surface area contributed by atoms with E-state index in [1.54, 1.807) is 0 Å². The number of amides is 1. The number of benzene rings is 2. The molecular formula is C22H25ClN2O5S. The van der Waals surface area contributed by atoms with E-state index in [1.165, 1.54) is 22.5 Å². The summed E-state index contributed by atoms with van der Waals surface area (Å²) in [7, 11) is -3.75. The molecule has 1 amide bonds. The van der Waals surface area contributed by atoms with Gasteiger partial charge in [0, 0.05) is 18.7 Å². The first-order valence-corrected chi connectivity index (χ1v) is 12.2. The zero-order chi connectivity index (χ0) is 22.0. The summed E-state index contributed by atoms with van der Waals surface area (Å²) in [5, 5.41) is 3.02. The first kappa shape index (κ1) is 21.9. The van der Waals surface area contributed by atoms with Crippen molar-refractivity contribution < 1.29 is 22.7 Å². The second-order valence-corrected chi connectivity index (χ2v) is 10.0. The number of sulfonamides is 1. The predicted octanol–water partition coefficient (Wildman–Crippen LogP) is 3.78. The number of nitrogens with zero attached hydrogens (tertiary/aromatic N) is 1. The maximum Gasteiger partial charge on any atom is 0.251 e. The molecule has 2 aliphatic heterocycles. The van der Waals surface area contributed by atoms with Crippen molar-refractivity contribution in [2.75, 3.05) is 26.3 Å². The average molecular weight is 465 g/mol. The van der Waals surface area contributed by atoms with Crippen molar-refractivity contribution in [3.63, 3.8) is 0 Å². The van der Waals surface area contributed by atoms with Crippen molar-refractivity contribution in [3.05, 3.63) is 52.5 Å². The minimum atomic E-state index is -3.75. The van der Waals surface area contributed by atoms with E-state index in [0.717, 1.165) is 24.8 Å². The molecule has 0 unspecified atom stereocenters. The van der Waals surface area contributed by atoms with Crippen LogP contribution in [0.3, 0.4) is 0 Å². The Morgan fingerprint density at radius 3 is 2.48 bits per heavy atom. The minimum Gasteiger partial charge on any atom is -0.486 e. The quantitative estimate of drug-likeness (QED) is 0.727. The molecule has 9 heteroatoms. The van der Waals surface area contributed by atoms with Crippen LogP contribution in [0.5, 0.6) is 11.5 Å². The van der Waals surface area contributed by atoms with Crippen LogP contribution in [0.25, 0.3) is 0 Å². The Labute approximate surface area is 187 Å². The molecule has 0 bridgehead atoms. The van der Waals surface area contributed by atoms with Crippen LogP contribution in [0.4, 0.5) is 0 Å². The summed E-state index contributed by atoms with van der Waals surface area (Å²) in [4.78, 5) is 12.8. The zero-order valence-electron chi connectivity index (χ0n) is 17.3. The van der Waals surface area contributed by atoms with Crippen LogP contribution in [-0.2, 0) is 10.0 Å². The van der Waals surface area contributed by atoms with E-state index in [4.69, 9.17) is 21.1 Å². The molecule has 2 aliphatic rings. The van der Waals surface area contributed by atoms with Crippen molar-refractivity contribution in [3.8, 4) is 11.5 Å². The molecule has 4 rings (SSSR count). The highest BCUT2D eigenvalue weighted by Crippen LogP contribution is 2.33. The molecule has 2 aromatic rings. The minimum absolute atomic E-state index is 0.0318. The summed E-state index contributed by atoms with van der Waals surface area (Å²) in [6, 6.07) is 9.56. The highest BCUT2D eigenvalue weighted by molar-refractivity contribution is 7.89. The lowest BCUT2D eigenvalue weighted by atomic mass is 10.1. The van der Waals surface area contributed by atoms with Crippen molar-refractivity contribution in [1.82, 2.24) is 9.62 Å². The van der Waals surface area contributed by atoms with Gasteiger partial charge in [-0.25, -0.2) is 8.42 Å². The number of ether oxygens (including phenoxy) is 2. The van der Waals surface area contributed by atoms with E-state index in [0.29, 0.717) is 37.8 Å². The molecule has 1 atom stereocenters. The topological polar surface area (TPSA) is 84.9 Å². The number of nitrogens with one attached hydrogen (secondary N) is 1. The Morgan fingerprint density at radius 2 is 1.74 bits per heavy atom. The van der Waals surface area contributed by atoms with Crippen LogP contribution in [0.1, 0.15) is 48.1 Å². The molecule has 1 N–H and O–H groups in total. The third-order valence-electron chi connectivity index (χ3n) is 5.54. The van der Waals surface area contributed by atoms with E-state index in [1.807, 2.05) is 25.1 Å². The van der Waals surface area contributed by atoms with Gasteiger partial charge in [-0.3, -0.25) is 4.79 Å². The highest BCUT2D eigenvalue weighted by atomic mass is 35.5. The lowest BCUT2D eigenvalue weighted by Crippen LogP contribution is -2.36. The van der Waals surface area contributed by atoms with Gasteiger partial charge < -0.3 is 14.8 Å². The molecular weight excluding hydrogens is 440 g/mol. The summed E-state index contributed by atoms with van der Waals surface area (Å²) in [6.07, 6.45) is 2.66. The van der Waals surface area contributed by atoms with Crippen LogP contribution in [0.15, 0.2) is 41.3 Å². The van der Waals surface area contributed by atoms with Gasteiger partial charge in [-0.2, -0.15) is 4.31 Å². The van der Waals surface area contributed by atoms with Gasteiger partial charge in [0.15, 0.2) is 11.5 Å². The molecule has 1 saturated heterocycles. The molecule has 166 valence electrons. The Morgan fingerprint density at radius 1 is 1.03 bits per heavy atom. The van der Waals surface area contributed by atoms with Crippen molar-refractivity contribution in [1.29, 1.82) is 0 Å². The lowest BCUT2D eigenvalue weighted by molar-refractivity contribution is 0.0939. The van der Waals surface area contributed by atoms with E-state index >= 15 is 0 Å². The molecule has 2 heterocycles. The Bertz CT molecular complexity index is 1080. The van der Waals surface area contributed by atoms with Crippen LogP contribution in [0, 0.1) is 0 Å². The van der Waals surface area contributed by atoms with Gasteiger partial charge in [-0.05, 0) is 55.7 Å². The second kappa shape index (κ2) is 9.06. The molecule has 0 aliphatic carbocycles. The Balaban J connectivity index is 1.53. The molecule has 0 saturated carbocycles. The largest absolute Gasteiger partial charge is 0.486 e. The number of fused-ring (bicyclic) bond motifs is 1. The average Bonchev–Trinajstić information content (AvgIpc) is 2.79. The van der Waals surface area contributed by atoms with Crippen LogP contribution in [0.2, 0.25) is 5.02 Å². The third-order valence-corrected chi connectivity index (χ3v) is 7.92. The second-order valence-electron chi connectivity index (χ2n) is 7.71. The van der Waals surface area contributed by atoms with Crippen molar-refractivity contribution in [2.45, 2.75) is 37.1 Å². The van der Waals surface area contributed by atoms with E-state index in [9.17, 15) is 13.2 Å². The molecule has 0 radical (unpaired) electrons. The van der Waals surface area contributed by atoms with Crippen LogP contribution < -0.4 is 14.8 Å². The third kappa shape index (κ3) is 4.66. The van der Waals surface area contributed by atoms with Crippen LogP contribution >= 0.6 is 11.6 Å². The van der Waals surface area contributed by atoms with Crippen LogP contribution in [-0.4, -0.2) is 44.9 Å². The fraction of sp³-hybridized carbons (Fsp3) is 0.409. The first-order valence-electron chi connectivity index (χ1n) is 10.4. The molecule has 7 nitrogen and oxygen atoms in total. The molecule has 31 heavy (non-hydrogen) atoms. The standard InChI is InChI=1S/C22H25ClN2O5S/c1-15(16-6-8-19-20(13-16)30-12-11-29-19)24-22(26)17-5-7-18(23)21(14-17)31(27,28)25-9-3-2-4-10-25/h5-8,13-15H,2-4,9-12H2,1H3,(H,24,26)/t15-/m1/s1. The Hall–Kier alpha value is -2.29. The number of halogens is 1. The number of hydrogen-bond acceptors (Lipinski definition) is 5. The normalized spacial score (nSPS) is 17.7. The number of rotatable bonds is 5. The summed E-state index contributed by atoms with van der Waals surface area (Å²) in [5.74, 6) is 0.944. The van der Waals surface area contributed by atoms with Gasteiger partial charge in [0.2, 0.25) is 10.0 Å². The smallest absolute Gasteiger partial charge is 0.251 e. The highest BCUT2D eigenvalue weighted by Gasteiger charge is 2.29. The zero-order valence-corrected chi connectivity index (χ0v) is 18.8. The number of carbonyl (C=O) groups excluding carboxylic acids is 1. The fourth-order valence-corrected chi connectivity index (χ4v) is 5.80. The maximum absolute atomic E-state index is 13.0. The number of hydrogen-bond donors (Lipinski definition) is 1. The van der Waals surface area contributed by atoms with Gasteiger partial charge in [-0.1, -0.05) is 24.1 Å². The van der Waals surface area contributed by atoms with Gasteiger partial charge in [-0.15, -0.1) is 0 Å². The van der Waals surface area contributed by atoms with Gasteiger partial charge in [0.1, 0.15) is 18.1 Å². The fourth-order valence-electron chi connectivity index (χ4n) is 3.78. The molecule has 0 spiro atoms. The molecule has 0 aromatic heterocycles. The van der Waals surface area contributed by atoms with E-state index < -0.39 is 10.0 Å². The maximum atomic E-state index is 13.0. The lowest BCUT2D eigenvalue weighted by Gasteiger charge is -2.26. The van der Waals surface area contributed by atoms with Crippen molar-refractivity contribution in [2.24, 2.45) is 0 Å².